The van der Waals surface area contributed by atoms with E-state index in [-0.39, 0.29) is 18.3 Å². The molecule has 1 aromatic carbocycles. The summed E-state index contributed by atoms with van der Waals surface area (Å²) in [5, 5.41) is 3.82. The van der Waals surface area contributed by atoms with Crippen molar-refractivity contribution in [3.05, 3.63) is 28.2 Å². The molecule has 1 amide bonds. The summed E-state index contributed by atoms with van der Waals surface area (Å²) in [7, 11) is 0. The maximum absolute atomic E-state index is 11.4. The van der Waals surface area contributed by atoms with Crippen LogP contribution in [0.2, 0.25) is 10.0 Å². The molecule has 114 valence electrons. The van der Waals surface area contributed by atoms with Crippen LogP contribution in [0.15, 0.2) is 18.2 Å². The Morgan fingerprint density at radius 3 is 2.70 bits per heavy atom. The van der Waals surface area contributed by atoms with Gasteiger partial charge in [0, 0.05) is 18.0 Å². The maximum Gasteiger partial charge on any atom is 0.220 e. The summed E-state index contributed by atoms with van der Waals surface area (Å²) in [6, 6.07) is 5.05. The van der Waals surface area contributed by atoms with Crippen LogP contribution in [0, 0.1) is 0 Å². The molecule has 0 aliphatic rings. The molecule has 0 fully saturated rings. The largest absolute Gasteiger partial charge is 0.492 e. The first-order valence-corrected chi connectivity index (χ1v) is 6.93. The van der Waals surface area contributed by atoms with Crippen LogP contribution in [0.4, 0.5) is 0 Å². The van der Waals surface area contributed by atoms with Crippen LogP contribution in [-0.2, 0) is 4.79 Å². The molecule has 0 bridgehead atoms. The Balaban J connectivity index is 0.00000361. The van der Waals surface area contributed by atoms with E-state index in [1.165, 1.54) is 0 Å². The molecular formula is C13H19Cl3N2O2. The molecule has 0 radical (unpaired) electrons. The SMILES string of the molecule is Cl.NCCCNC(=O)CCCOc1ccc(Cl)cc1Cl. The van der Waals surface area contributed by atoms with Crippen LogP contribution in [0.5, 0.6) is 5.75 Å². The number of carbonyl (C=O) groups excluding carboxylic acids is 1. The Kier molecular flexibility index (Phi) is 10.7. The Morgan fingerprint density at radius 2 is 2.05 bits per heavy atom. The number of nitrogens with one attached hydrogen (secondary N) is 1. The first-order valence-electron chi connectivity index (χ1n) is 6.18. The molecule has 1 rings (SSSR count). The average Bonchev–Trinajstić information content (AvgIpc) is 2.37. The number of hydrogen-bond donors (Lipinski definition) is 2. The van der Waals surface area contributed by atoms with Gasteiger partial charge in [-0.2, -0.15) is 0 Å². The quantitative estimate of drug-likeness (QED) is 0.714. The van der Waals surface area contributed by atoms with Gasteiger partial charge in [0.1, 0.15) is 5.75 Å². The van der Waals surface area contributed by atoms with Crippen molar-refractivity contribution >= 4 is 41.5 Å². The minimum absolute atomic E-state index is 0. The van der Waals surface area contributed by atoms with E-state index in [1.54, 1.807) is 18.2 Å². The third-order valence-corrected chi connectivity index (χ3v) is 2.93. The summed E-state index contributed by atoms with van der Waals surface area (Å²) < 4.78 is 5.48. The van der Waals surface area contributed by atoms with E-state index in [1.807, 2.05) is 0 Å². The minimum atomic E-state index is 0. The molecule has 7 heteroatoms. The predicted octanol–water partition coefficient (Wildman–Crippen LogP) is 3.04. The number of rotatable bonds is 8. The minimum Gasteiger partial charge on any atom is -0.492 e. The Labute approximate surface area is 135 Å². The molecule has 0 aliphatic carbocycles. The average molecular weight is 342 g/mol. The Hall–Kier alpha value is -0.680. The number of hydrogen-bond acceptors (Lipinski definition) is 3. The summed E-state index contributed by atoms with van der Waals surface area (Å²) >= 11 is 11.7. The molecule has 0 heterocycles. The fourth-order valence-electron chi connectivity index (χ4n) is 1.43. The van der Waals surface area contributed by atoms with Crippen molar-refractivity contribution in [2.75, 3.05) is 19.7 Å². The summed E-state index contributed by atoms with van der Waals surface area (Å²) in [5.41, 5.74) is 5.33. The molecule has 3 N–H and O–H groups in total. The lowest BCUT2D eigenvalue weighted by atomic mass is 10.3. The van der Waals surface area contributed by atoms with E-state index in [9.17, 15) is 4.79 Å². The second-order valence-corrected chi connectivity index (χ2v) is 4.86. The number of halogens is 3. The normalized spacial score (nSPS) is 9.75. The number of nitrogens with two attached hydrogens (primary N) is 1. The molecule has 0 aliphatic heterocycles. The predicted molar refractivity (Wildman–Crippen MR) is 85.1 cm³/mol. The molecular weight excluding hydrogens is 323 g/mol. The number of benzene rings is 1. The second-order valence-electron chi connectivity index (χ2n) is 4.02. The second kappa shape index (κ2) is 11.0. The highest BCUT2D eigenvalue weighted by Crippen LogP contribution is 2.27. The number of amides is 1. The van der Waals surface area contributed by atoms with Crippen molar-refractivity contribution in [1.82, 2.24) is 5.32 Å². The topological polar surface area (TPSA) is 64.3 Å². The van der Waals surface area contributed by atoms with Crippen LogP contribution in [0.25, 0.3) is 0 Å². The molecule has 0 atom stereocenters. The lowest BCUT2D eigenvalue weighted by molar-refractivity contribution is -0.121. The van der Waals surface area contributed by atoms with E-state index in [2.05, 4.69) is 5.32 Å². The summed E-state index contributed by atoms with van der Waals surface area (Å²) in [6.07, 6.45) is 1.85. The van der Waals surface area contributed by atoms with Crippen molar-refractivity contribution < 1.29 is 9.53 Å². The van der Waals surface area contributed by atoms with Crippen LogP contribution in [-0.4, -0.2) is 25.6 Å². The molecule has 4 nitrogen and oxygen atoms in total. The Morgan fingerprint density at radius 1 is 1.30 bits per heavy atom. The third kappa shape index (κ3) is 7.80. The zero-order valence-corrected chi connectivity index (χ0v) is 13.4. The monoisotopic (exact) mass is 340 g/mol. The smallest absolute Gasteiger partial charge is 0.220 e. The third-order valence-electron chi connectivity index (χ3n) is 2.40. The zero-order chi connectivity index (χ0) is 14.1. The maximum atomic E-state index is 11.4. The van der Waals surface area contributed by atoms with Gasteiger partial charge in [-0.25, -0.2) is 0 Å². The van der Waals surface area contributed by atoms with Gasteiger partial charge >= 0.3 is 0 Å². The fraction of sp³-hybridized carbons (Fsp3) is 0.462. The first-order chi connectivity index (χ1) is 9.13. The summed E-state index contributed by atoms with van der Waals surface area (Å²) in [5.74, 6) is 0.592. The summed E-state index contributed by atoms with van der Waals surface area (Å²) in [6.45, 7) is 1.64. The molecule has 0 unspecified atom stereocenters. The van der Waals surface area contributed by atoms with E-state index in [4.69, 9.17) is 33.7 Å². The van der Waals surface area contributed by atoms with Crippen molar-refractivity contribution in [2.45, 2.75) is 19.3 Å². The van der Waals surface area contributed by atoms with Gasteiger partial charge < -0.3 is 15.8 Å². The standard InChI is InChI=1S/C13H18Cl2N2O2.ClH/c14-10-4-5-12(11(15)9-10)19-8-1-3-13(18)17-7-2-6-16;/h4-5,9H,1-3,6-8,16H2,(H,17,18);1H. The van der Waals surface area contributed by atoms with Gasteiger partial charge in [0.25, 0.3) is 0 Å². The van der Waals surface area contributed by atoms with Crippen LogP contribution >= 0.6 is 35.6 Å². The highest BCUT2D eigenvalue weighted by atomic mass is 35.5. The van der Waals surface area contributed by atoms with Crippen molar-refractivity contribution in [1.29, 1.82) is 0 Å². The molecule has 0 spiro atoms. The van der Waals surface area contributed by atoms with Crippen LogP contribution < -0.4 is 15.8 Å². The van der Waals surface area contributed by atoms with Crippen molar-refractivity contribution in [3.63, 3.8) is 0 Å². The van der Waals surface area contributed by atoms with Gasteiger partial charge in [0.15, 0.2) is 0 Å². The van der Waals surface area contributed by atoms with Gasteiger partial charge in [0.2, 0.25) is 5.91 Å². The van der Waals surface area contributed by atoms with Gasteiger partial charge in [-0.3, -0.25) is 4.79 Å². The van der Waals surface area contributed by atoms with Gasteiger partial charge in [-0.15, -0.1) is 12.4 Å². The van der Waals surface area contributed by atoms with Crippen LogP contribution in [0.3, 0.4) is 0 Å². The molecule has 0 saturated heterocycles. The molecule has 1 aromatic rings. The molecule has 20 heavy (non-hydrogen) atoms. The number of ether oxygens (including phenoxy) is 1. The van der Waals surface area contributed by atoms with E-state index >= 15 is 0 Å². The Bertz CT molecular complexity index is 417. The van der Waals surface area contributed by atoms with Crippen molar-refractivity contribution in [3.8, 4) is 5.75 Å². The zero-order valence-electron chi connectivity index (χ0n) is 11.0. The van der Waals surface area contributed by atoms with E-state index < -0.39 is 0 Å². The van der Waals surface area contributed by atoms with E-state index in [0.29, 0.717) is 48.3 Å². The lowest BCUT2D eigenvalue weighted by Crippen LogP contribution is -2.26. The lowest BCUT2D eigenvalue weighted by Gasteiger charge is -2.08. The highest BCUT2D eigenvalue weighted by molar-refractivity contribution is 6.35. The number of carbonyl (C=O) groups is 1. The van der Waals surface area contributed by atoms with Gasteiger partial charge in [-0.05, 0) is 37.6 Å². The first kappa shape index (κ1) is 19.3. The molecule has 0 aromatic heterocycles. The van der Waals surface area contributed by atoms with Gasteiger partial charge in [-0.1, -0.05) is 23.2 Å². The molecule has 0 saturated carbocycles. The highest BCUT2D eigenvalue weighted by Gasteiger charge is 2.04. The van der Waals surface area contributed by atoms with Gasteiger partial charge in [0.05, 0.1) is 11.6 Å². The fourth-order valence-corrected chi connectivity index (χ4v) is 1.89. The van der Waals surface area contributed by atoms with E-state index in [0.717, 1.165) is 6.42 Å². The summed E-state index contributed by atoms with van der Waals surface area (Å²) in [4.78, 5) is 11.4. The van der Waals surface area contributed by atoms with Crippen molar-refractivity contribution in [2.24, 2.45) is 5.73 Å². The van der Waals surface area contributed by atoms with Crippen LogP contribution in [0.1, 0.15) is 19.3 Å².